The highest BCUT2D eigenvalue weighted by Gasteiger charge is 2.07. The second kappa shape index (κ2) is 6.23. The van der Waals surface area contributed by atoms with Gasteiger partial charge in [-0.05, 0) is 12.1 Å². The molecule has 0 fully saturated rings. The third kappa shape index (κ3) is 3.91. The Morgan fingerprint density at radius 3 is 2.76 bits per heavy atom. The predicted molar refractivity (Wildman–Crippen MR) is 60.0 cm³/mol. The average Bonchev–Trinajstić information content (AvgIpc) is 2.38. The first-order valence-electron chi connectivity index (χ1n) is 5.02. The minimum absolute atomic E-state index is 0.141. The number of carbonyl (C=O) groups excluding carboxylic acids is 2. The topological polar surface area (TPSA) is 94.9 Å². The molecule has 0 aliphatic heterocycles. The first kappa shape index (κ1) is 12.6. The Bertz CT molecular complexity index is 448. The first-order valence-corrected chi connectivity index (χ1v) is 5.02. The largest absolute Gasteiger partial charge is 0.359 e. The van der Waals surface area contributed by atoms with Gasteiger partial charge < -0.3 is 10.6 Å². The number of nitrogens with one attached hydrogen (secondary N) is 2. The summed E-state index contributed by atoms with van der Waals surface area (Å²) in [5.41, 5.74) is 0.618. The number of hydrogen-bond acceptors (Lipinski definition) is 4. The lowest BCUT2D eigenvalue weighted by molar-refractivity contribution is -0.120. The second-order valence-corrected chi connectivity index (χ2v) is 3.22. The van der Waals surface area contributed by atoms with Gasteiger partial charge in [0, 0.05) is 26.2 Å². The number of nitriles is 1. The normalized spacial score (nSPS) is 9.18. The van der Waals surface area contributed by atoms with Gasteiger partial charge in [0.2, 0.25) is 5.91 Å². The first-order chi connectivity index (χ1) is 8.17. The number of nitrogens with zero attached hydrogens (tertiary/aromatic N) is 2. The summed E-state index contributed by atoms with van der Waals surface area (Å²) in [7, 11) is 1.53. The Morgan fingerprint density at radius 1 is 1.47 bits per heavy atom. The Labute approximate surface area is 98.7 Å². The van der Waals surface area contributed by atoms with Gasteiger partial charge in [-0.25, -0.2) is 4.98 Å². The van der Waals surface area contributed by atoms with E-state index in [1.807, 2.05) is 6.07 Å². The van der Waals surface area contributed by atoms with Crippen LogP contribution < -0.4 is 10.6 Å². The van der Waals surface area contributed by atoms with Gasteiger partial charge in [0.15, 0.2) is 0 Å². The molecule has 6 heteroatoms. The summed E-state index contributed by atoms with van der Waals surface area (Å²) in [6.07, 6.45) is 1.55. The second-order valence-electron chi connectivity index (χ2n) is 3.22. The zero-order valence-electron chi connectivity index (χ0n) is 9.36. The minimum atomic E-state index is -0.363. The number of carbonyl (C=O) groups is 2. The van der Waals surface area contributed by atoms with Crippen LogP contribution in [-0.2, 0) is 4.79 Å². The zero-order chi connectivity index (χ0) is 12.7. The quantitative estimate of drug-likeness (QED) is 0.752. The maximum atomic E-state index is 11.5. The van der Waals surface area contributed by atoms with Gasteiger partial charge in [0.05, 0.1) is 5.56 Å². The molecule has 6 nitrogen and oxygen atoms in total. The fourth-order valence-corrected chi connectivity index (χ4v) is 1.10. The molecule has 88 valence electrons. The van der Waals surface area contributed by atoms with Crippen LogP contribution in [-0.4, -0.2) is 30.4 Å². The lowest BCUT2D eigenvalue weighted by Gasteiger charge is -2.03. The van der Waals surface area contributed by atoms with Crippen LogP contribution in [0.4, 0.5) is 0 Å². The van der Waals surface area contributed by atoms with Gasteiger partial charge in [-0.1, -0.05) is 0 Å². The highest BCUT2D eigenvalue weighted by Crippen LogP contribution is 1.98. The third-order valence-corrected chi connectivity index (χ3v) is 2.04. The van der Waals surface area contributed by atoms with Gasteiger partial charge in [-0.3, -0.25) is 9.59 Å². The van der Waals surface area contributed by atoms with Gasteiger partial charge in [-0.15, -0.1) is 0 Å². The maximum Gasteiger partial charge on any atom is 0.269 e. The standard InChI is InChI=1S/C11H12N4O2/c1-13-10(16)4-5-14-11(17)9-3-2-8(6-12)7-15-9/h2-3,7H,4-5H2,1H3,(H,13,16)(H,14,17). The molecule has 0 atom stereocenters. The Balaban J connectivity index is 2.47. The van der Waals surface area contributed by atoms with Crippen molar-refractivity contribution < 1.29 is 9.59 Å². The van der Waals surface area contributed by atoms with Crippen LogP contribution >= 0.6 is 0 Å². The molecule has 0 saturated carbocycles. The summed E-state index contributed by atoms with van der Waals surface area (Å²) in [5.74, 6) is -0.503. The van der Waals surface area contributed by atoms with E-state index in [1.165, 1.54) is 25.4 Å². The highest BCUT2D eigenvalue weighted by atomic mass is 16.2. The van der Waals surface area contributed by atoms with E-state index in [1.54, 1.807) is 0 Å². The molecule has 1 aromatic heterocycles. The molecule has 0 saturated heterocycles. The van der Waals surface area contributed by atoms with Crippen LogP contribution in [0.2, 0.25) is 0 Å². The number of aromatic nitrogens is 1. The lowest BCUT2D eigenvalue weighted by atomic mass is 10.2. The molecule has 1 aromatic rings. The van der Waals surface area contributed by atoms with Crippen molar-refractivity contribution in [2.75, 3.05) is 13.6 Å². The summed E-state index contributed by atoms with van der Waals surface area (Å²) in [6, 6.07) is 4.89. The van der Waals surface area contributed by atoms with Crippen LogP contribution in [0, 0.1) is 11.3 Å². The minimum Gasteiger partial charge on any atom is -0.359 e. The average molecular weight is 232 g/mol. The van der Waals surface area contributed by atoms with Crippen molar-refractivity contribution in [3.63, 3.8) is 0 Å². The molecular weight excluding hydrogens is 220 g/mol. The predicted octanol–water partition coefficient (Wildman–Crippen LogP) is -0.181. The molecule has 17 heavy (non-hydrogen) atoms. The van der Waals surface area contributed by atoms with Gasteiger partial charge in [-0.2, -0.15) is 5.26 Å². The Hall–Kier alpha value is -2.42. The van der Waals surface area contributed by atoms with Gasteiger partial charge in [0.25, 0.3) is 5.91 Å². The van der Waals surface area contributed by atoms with E-state index in [-0.39, 0.29) is 30.5 Å². The van der Waals surface area contributed by atoms with Crippen molar-refractivity contribution >= 4 is 11.8 Å². The fraction of sp³-hybridized carbons (Fsp3) is 0.273. The summed E-state index contributed by atoms with van der Waals surface area (Å²) in [5, 5.41) is 13.6. The van der Waals surface area contributed by atoms with Gasteiger partial charge >= 0.3 is 0 Å². The van der Waals surface area contributed by atoms with Crippen LogP contribution in [0.15, 0.2) is 18.3 Å². The molecule has 0 aromatic carbocycles. The molecule has 0 aliphatic rings. The summed E-state index contributed by atoms with van der Waals surface area (Å²) in [4.78, 5) is 26.3. The van der Waals surface area contributed by atoms with Gasteiger partial charge in [0.1, 0.15) is 11.8 Å². The van der Waals surface area contributed by atoms with E-state index in [0.29, 0.717) is 5.56 Å². The molecule has 2 N–H and O–H groups in total. The molecule has 0 radical (unpaired) electrons. The summed E-state index contributed by atoms with van der Waals surface area (Å²) in [6.45, 7) is 0.250. The smallest absolute Gasteiger partial charge is 0.269 e. The van der Waals surface area contributed by atoms with Crippen LogP contribution in [0.5, 0.6) is 0 Å². The lowest BCUT2D eigenvalue weighted by Crippen LogP contribution is -2.29. The molecule has 2 amide bonds. The van der Waals surface area contributed by atoms with E-state index in [2.05, 4.69) is 15.6 Å². The molecule has 1 rings (SSSR count). The monoisotopic (exact) mass is 232 g/mol. The van der Waals surface area contributed by atoms with Crippen molar-refractivity contribution in [2.24, 2.45) is 0 Å². The van der Waals surface area contributed by atoms with Crippen LogP contribution in [0.3, 0.4) is 0 Å². The maximum absolute atomic E-state index is 11.5. The van der Waals surface area contributed by atoms with E-state index < -0.39 is 0 Å². The van der Waals surface area contributed by atoms with E-state index in [4.69, 9.17) is 5.26 Å². The summed E-state index contributed by atoms with van der Waals surface area (Å²) >= 11 is 0. The molecule has 0 aliphatic carbocycles. The van der Waals surface area contributed by atoms with Crippen molar-refractivity contribution in [3.8, 4) is 6.07 Å². The van der Waals surface area contributed by atoms with Crippen molar-refractivity contribution in [3.05, 3.63) is 29.6 Å². The highest BCUT2D eigenvalue weighted by molar-refractivity contribution is 5.92. The molecule has 0 bridgehead atoms. The number of rotatable bonds is 4. The van der Waals surface area contributed by atoms with Crippen molar-refractivity contribution in [1.29, 1.82) is 5.26 Å². The van der Waals surface area contributed by atoms with Crippen molar-refractivity contribution in [2.45, 2.75) is 6.42 Å². The van der Waals surface area contributed by atoms with Crippen LogP contribution in [0.1, 0.15) is 22.5 Å². The van der Waals surface area contributed by atoms with E-state index in [9.17, 15) is 9.59 Å². The molecular formula is C11H12N4O2. The Kier molecular flexibility index (Phi) is 4.63. The molecule has 0 unspecified atom stereocenters. The molecule has 1 heterocycles. The third-order valence-electron chi connectivity index (χ3n) is 2.04. The fourth-order valence-electron chi connectivity index (χ4n) is 1.10. The van der Waals surface area contributed by atoms with Crippen LogP contribution in [0.25, 0.3) is 0 Å². The van der Waals surface area contributed by atoms with E-state index >= 15 is 0 Å². The number of hydrogen-bond donors (Lipinski definition) is 2. The van der Waals surface area contributed by atoms with Crippen molar-refractivity contribution in [1.82, 2.24) is 15.6 Å². The molecule has 0 spiro atoms. The number of amides is 2. The SMILES string of the molecule is CNC(=O)CCNC(=O)c1ccc(C#N)cn1. The Morgan fingerprint density at radius 2 is 2.24 bits per heavy atom. The zero-order valence-corrected chi connectivity index (χ0v) is 9.36. The number of pyridine rings is 1. The van der Waals surface area contributed by atoms with E-state index in [0.717, 1.165) is 0 Å². The summed E-state index contributed by atoms with van der Waals surface area (Å²) < 4.78 is 0.